The lowest BCUT2D eigenvalue weighted by Crippen LogP contribution is -1.94. The Hall–Kier alpha value is -2.84. The Morgan fingerprint density at radius 2 is 1.37 bits per heavy atom. The molecule has 6 rings (SSSR count). The highest BCUT2D eigenvalue weighted by Crippen LogP contribution is 2.43. The van der Waals surface area contributed by atoms with E-state index in [1.54, 1.807) is 0 Å². The molecule has 0 spiro atoms. The molecule has 4 aromatic carbocycles. The molecule has 1 aliphatic carbocycles. The first-order chi connectivity index (χ1) is 13.3. The smallest absolute Gasteiger partial charge is 0.0541 e. The average molecular weight is 410 g/mol. The van der Waals surface area contributed by atoms with Crippen molar-refractivity contribution in [2.24, 2.45) is 0 Å². The van der Waals surface area contributed by atoms with Crippen molar-refractivity contribution in [1.82, 2.24) is 4.57 Å². The van der Waals surface area contributed by atoms with Gasteiger partial charge in [0.05, 0.1) is 11.0 Å². The summed E-state index contributed by atoms with van der Waals surface area (Å²) in [5.41, 5.74) is 9.22. The van der Waals surface area contributed by atoms with Gasteiger partial charge in [-0.25, -0.2) is 0 Å². The number of nitrogens with zero attached hydrogens (tertiary/aromatic N) is 1. The van der Waals surface area contributed by atoms with Crippen LogP contribution in [0.3, 0.4) is 0 Å². The number of para-hydroxylation sites is 2. The number of halogens is 1. The van der Waals surface area contributed by atoms with Crippen molar-refractivity contribution in [3.8, 4) is 16.8 Å². The van der Waals surface area contributed by atoms with E-state index in [4.69, 9.17) is 0 Å². The highest BCUT2D eigenvalue weighted by Gasteiger charge is 2.22. The maximum Gasteiger partial charge on any atom is 0.0541 e. The summed E-state index contributed by atoms with van der Waals surface area (Å²) in [5, 5.41) is 2.60. The van der Waals surface area contributed by atoms with E-state index in [0.29, 0.717) is 0 Å². The maximum atomic E-state index is 3.76. The quantitative estimate of drug-likeness (QED) is 0.272. The summed E-state index contributed by atoms with van der Waals surface area (Å²) in [4.78, 5) is 0. The first-order valence-corrected chi connectivity index (χ1v) is 10.00. The Balaban J connectivity index is 1.68. The molecule has 1 nitrogen and oxygen atoms in total. The van der Waals surface area contributed by atoms with Gasteiger partial charge in [-0.05, 0) is 59.0 Å². The van der Waals surface area contributed by atoms with Crippen LogP contribution < -0.4 is 0 Å². The minimum atomic E-state index is 1.01. The van der Waals surface area contributed by atoms with Crippen LogP contribution in [0.25, 0.3) is 38.6 Å². The number of hydrogen-bond acceptors (Lipinski definition) is 0. The summed E-state index contributed by atoms with van der Waals surface area (Å²) in [6.07, 6.45) is 1.01. The number of benzene rings is 4. The van der Waals surface area contributed by atoms with Crippen molar-refractivity contribution in [1.29, 1.82) is 0 Å². The molecule has 0 amide bonds. The molecule has 2 heteroatoms. The molecule has 0 saturated heterocycles. The molecule has 0 saturated carbocycles. The topological polar surface area (TPSA) is 4.93 Å². The van der Waals surface area contributed by atoms with Crippen LogP contribution in [0.15, 0.2) is 89.4 Å². The van der Waals surface area contributed by atoms with E-state index < -0.39 is 0 Å². The second kappa shape index (κ2) is 5.58. The van der Waals surface area contributed by atoms with Crippen LogP contribution in [0.1, 0.15) is 11.1 Å². The molecule has 0 fully saturated rings. The molecule has 0 bridgehead atoms. The SMILES string of the molecule is Brc1cccc2c1-c1cc(-n3c4ccccc4c4ccccc43)ccc1C2. The Kier molecular flexibility index (Phi) is 3.15. The van der Waals surface area contributed by atoms with Crippen LogP contribution in [-0.2, 0) is 6.42 Å². The van der Waals surface area contributed by atoms with Gasteiger partial charge in [0.2, 0.25) is 0 Å². The summed E-state index contributed by atoms with van der Waals surface area (Å²) in [7, 11) is 0. The molecule has 0 N–H and O–H groups in total. The van der Waals surface area contributed by atoms with Crippen LogP contribution in [0.2, 0.25) is 0 Å². The van der Waals surface area contributed by atoms with E-state index in [1.807, 2.05) is 0 Å². The molecule has 27 heavy (non-hydrogen) atoms. The fourth-order valence-corrected chi connectivity index (χ4v) is 5.13. The van der Waals surface area contributed by atoms with E-state index in [9.17, 15) is 0 Å². The van der Waals surface area contributed by atoms with Crippen LogP contribution >= 0.6 is 15.9 Å². The minimum Gasteiger partial charge on any atom is -0.309 e. The van der Waals surface area contributed by atoms with Gasteiger partial charge in [-0.1, -0.05) is 70.5 Å². The molecule has 1 heterocycles. The van der Waals surface area contributed by atoms with Crippen molar-refractivity contribution in [2.75, 3.05) is 0 Å². The Morgan fingerprint density at radius 3 is 2.11 bits per heavy atom. The lowest BCUT2D eigenvalue weighted by molar-refractivity contribution is 1.17. The van der Waals surface area contributed by atoms with Crippen LogP contribution in [0.5, 0.6) is 0 Å². The second-order valence-electron chi connectivity index (χ2n) is 7.16. The molecular weight excluding hydrogens is 394 g/mol. The van der Waals surface area contributed by atoms with Crippen LogP contribution in [0, 0.1) is 0 Å². The molecule has 0 radical (unpaired) electrons. The zero-order valence-corrected chi connectivity index (χ0v) is 16.2. The van der Waals surface area contributed by atoms with Crippen molar-refractivity contribution in [2.45, 2.75) is 6.42 Å². The highest BCUT2D eigenvalue weighted by molar-refractivity contribution is 9.10. The van der Waals surface area contributed by atoms with E-state index in [1.165, 1.54) is 54.2 Å². The van der Waals surface area contributed by atoms with Crippen molar-refractivity contribution in [3.05, 3.63) is 101 Å². The summed E-state index contributed by atoms with van der Waals surface area (Å²) in [6.45, 7) is 0. The third-order valence-electron chi connectivity index (χ3n) is 5.68. The molecule has 128 valence electrons. The third kappa shape index (κ3) is 2.11. The van der Waals surface area contributed by atoms with E-state index in [-0.39, 0.29) is 0 Å². The van der Waals surface area contributed by atoms with Crippen molar-refractivity contribution < 1.29 is 0 Å². The monoisotopic (exact) mass is 409 g/mol. The average Bonchev–Trinajstić information content (AvgIpc) is 3.24. The van der Waals surface area contributed by atoms with Crippen molar-refractivity contribution >= 4 is 37.7 Å². The van der Waals surface area contributed by atoms with Gasteiger partial charge in [0.25, 0.3) is 0 Å². The number of fused-ring (bicyclic) bond motifs is 6. The Labute approximate surface area is 166 Å². The van der Waals surface area contributed by atoms with Gasteiger partial charge in [0, 0.05) is 20.9 Å². The molecule has 5 aromatic rings. The van der Waals surface area contributed by atoms with Gasteiger partial charge < -0.3 is 4.57 Å². The molecule has 1 aliphatic rings. The number of rotatable bonds is 1. The lowest BCUT2D eigenvalue weighted by atomic mass is 10.1. The van der Waals surface area contributed by atoms with Crippen LogP contribution in [0.4, 0.5) is 0 Å². The summed E-state index contributed by atoms with van der Waals surface area (Å²) >= 11 is 3.76. The standard InChI is InChI=1S/C25H16BrN/c26-22-9-5-6-17-14-16-12-13-18(15-21(16)25(17)22)27-23-10-3-1-7-19(23)20-8-2-4-11-24(20)27/h1-13,15H,14H2. The van der Waals surface area contributed by atoms with Crippen LogP contribution in [-0.4, -0.2) is 4.57 Å². The van der Waals surface area contributed by atoms with E-state index >= 15 is 0 Å². The predicted octanol–water partition coefficient (Wildman–Crippen LogP) is 7.12. The molecule has 1 aromatic heterocycles. The fraction of sp³-hybridized carbons (Fsp3) is 0.0400. The predicted molar refractivity (Wildman–Crippen MR) is 117 cm³/mol. The first kappa shape index (κ1) is 15.2. The third-order valence-corrected chi connectivity index (χ3v) is 6.34. The second-order valence-corrected chi connectivity index (χ2v) is 8.02. The Morgan fingerprint density at radius 1 is 0.667 bits per heavy atom. The van der Waals surface area contributed by atoms with E-state index in [2.05, 4.69) is 105 Å². The largest absolute Gasteiger partial charge is 0.309 e. The molecule has 0 aliphatic heterocycles. The zero-order valence-electron chi connectivity index (χ0n) is 14.6. The van der Waals surface area contributed by atoms with Gasteiger partial charge in [0.1, 0.15) is 0 Å². The normalized spacial score (nSPS) is 12.5. The van der Waals surface area contributed by atoms with Gasteiger partial charge in [-0.3, -0.25) is 0 Å². The molecule has 0 atom stereocenters. The Bertz CT molecular complexity index is 1310. The number of hydrogen-bond donors (Lipinski definition) is 0. The fourth-order valence-electron chi connectivity index (χ4n) is 4.51. The first-order valence-electron chi connectivity index (χ1n) is 9.20. The maximum absolute atomic E-state index is 3.76. The van der Waals surface area contributed by atoms with Gasteiger partial charge in [0.15, 0.2) is 0 Å². The van der Waals surface area contributed by atoms with Gasteiger partial charge >= 0.3 is 0 Å². The molecule has 0 unspecified atom stereocenters. The van der Waals surface area contributed by atoms with Crippen molar-refractivity contribution in [3.63, 3.8) is 0 Å². The molecular formula is C25H16BrN. The van der Waals surface area contributed by atoms with Gasteiger partial charge in [-0.15, -0.1) is 0 Å². The minimum absolute atomic E-state index is 1.01. The van der Waals surface area contributed by atoms with E-state index in [0.717, 1.165) is 6.42 Å². The van der Waals surface area contributed by atoms with Gasteiger partial charge in [-0.2, -0.15) is 0 Å². The summed E-state index contributed by atoms with van der Waals surface area (Å²) in [5.74, 6) is 0. The lowest BCUT2D eigenvalue weighted by Gasteiger charge is -2.11. The summed E-state index contributed by atoms with van der Waals surface area (Å²) in [6, 6.07) is 30.8. The highest BCUT2D eigenvalue weighted by atomic mass is 79.9. The zero-order chi connectivity index (χ0) is 18.0. The number of aromatic nitrogens is 1. The summed E-state index contributed by atoms with van der Waals surface area (Å²) < 4.78 is 3.57.